The van der Waals surface area contributed by atoms with Gasteiger partial charge < -0.3 is 10.2 Å². The number of anilines is 2. The van der Waals surface area contributed by atoms with Gasteiger partial charge in [-0.3, -0.25) is 0 Å². The highest BCUT2D eigenvalue weighted by molar-refractivity contribution is 5.52. The zero-order valence-electron chi connectivity index (χ0n) is 10.7. The number of halogens is 3. The Labute approximate surface area is 109 Å². The van der Waals surface area contributed by atoms with Gasteiger partial charge in [0, 0.05) is 19.6 Å². The second-order valence-corrected chi connectivity index (χ2v) is 5.33. The lowest BCUT2D eigenvalue weighted by molar-refractivity contribution is -0.137. The number of pyridine rings is 1. The van der Waals surface area contributed by atoms with E-state index in [9.17, 15) is 13.2 Å². The lowest BCUT2D eigenvalue weighted by Crippen LogP contribution is -2.33. The molecular formula is C13H16F3N3. The molecule has 1 aromatic rings. The van der Waals surface area contributed by atoms with Crippen LogP contribution in [0, 0.1) is 5.92 Å². The van der Waals surface area contributed by atoms with E-state index in [0.717, 1.165) is 25.5 Å². The number of hydrogen-bond acceptors (Lipinski definition) is 3. The number of fused-ring (bicyclic) bond motifs is 2. The topological polar surface area (TPSA) is 28.2 Å². The Morgan fingerprint density at radius 3 is 2.63 bits per heavy atom. The number of aromatic nitrogens is 1. The third-order valence-electron chi connectivity index (χ3n) is 4.10. The fourth-order valence-electron chi connectivity index (χ4n) is 3.16. The number of hydrogen-bond donors (Lipinski definition) is 1. The summed E-state index contributed by atoms with van der Waals surface area (Å²) in [7, 11) is 1.59. The molecule has 1 aliphatic heterocycles. The summed E-state index contributed by atoms with van der Waals surface area (Å²) >= 11 is 0. The number of nitrogens with one attached hydrogen (secondary N) is 1. The zero-order chi connectivity index (χ0) is 13.6. The Morgan fingerprint density at radius 2 is 2.11 bits per heavy atom. The van der Waals surface area contributed by atoms with Gasteiger partial charge in [-0.25, -0.2) is 4.98 Å². The van der Waals surface area contributed by atoms with Crippen molar-refractivity contribution in [1.29, 1.82) is 0 Å². The molecule has 1 aromatic heterocycles. The molecule has 3 rings (SSSR count). The average molecular weight is 271 g/mol. The fraction of sp³-hybridized carbons (Fsp3) is 0.615. The molecule has 1 saturated carbocycles. The van der Waals surface area contributed by atoms with Gasteiger partial charge in [-0.05, 0) is 37.3 Å². The van der Waals surface area contributed by atoms with Crippen molar-refractivity contribution in [1.82, 2.24) is 4.98 Å². The Hall–Kier alpha value is -1.46. The Morgan fingerprint density at radius 1 is 1.32 bits per heavy atom. The maximum absolute atomic E-state index is 12.9. The van der Waals surface area contributed by atoms with Crippen LogP contribution >= 0.6 is 0 Å². The van der Waals surface area contributed by atoms with Crippen LogP contribution in [0.1, 0.15) is 24.8 Å². The highest BCUT2D eigenvalue weighted by Crippen LogP contribution is 2.41. The highest BCUT2D eigenvalue weighted by atomic mass is 19.4. The second-order valence-electron chi connectivity index (χ2n) is 5.33. The van der Waals surface area contributed by atoms with E-state index < -0.39 is 11.7 Å². The molecule has 2 aliphatic rings. The number of rotatable bonds is 2. The van der Waals surface area contributed by atoms with Crippen molar-refractivity contribution in [3.63, 3.8) is 0 Å². The second kappa shape index (κ2) is 4.28. The smallest absolute Gasteiger partial charge is 0.373 e. The van der Waals surface area contributed by atoms with Gasteiger partial charge >= 0.3 is 6.18 Å². The average Bonchev–Trinajstić information content (AvgIpc) is 2.99. The maximum Gasteiger partial charge on any atom is 0.416 e. The lowest BCUT2D eigenvalue weighted by atomic mass is 10.1. The molecule has 104 valence electrons. The third-order valence-corrected chi connectivity index (χ3v) is 4.10. The van der Waals surface area contributed by atoms with Crippen molar-refractivity contribution in [3.05, 3.63) is 17.7 Å². The van der Waals surface area contributed by atoms with E-state index >= 15 is 0 Å². The van der Waals surface area contributed by atoms with Crippen LogP contribution in [0.3, 0.4) is 0 Å². The molecule has 0 amide bonds. The van der Waals surface area contributed by atoms with E-state index in [1.807, 2.05) is 4.90 Å². The molecule has 1 N–H and O–H groups in total. The molecule has 3 nitrogen and oxygen atoms in total. The minimum absolute atomic E-state index is 0.271. The molecule has 0 aromatic carbocycles. The zero-order valence-corrected chi connectivity index (χ0v) is 10.7. The van der Waals surface area contributed by atoms with E-state index in [-0.39, 0.29) is 5.82 Å². The van der Waals surface area contributed by atoms with E-state index in [4.69, 9.17) is 0 Å². The summed E-state index contributed by atoms with van der Waals surface area (Å²) in [6.07, 6.45) is -0.981. The van der Waals surface area contributed by atoms with Gasteiger partial charge in [0.2, 0.25) is 0 Å². The number of nitrogens with zero attached hydrogens (tertiary/aromatic N) is 2. The Balaban J connectivity index is 1.97. The van der Waals surface area contributed by atoms with Crippen molar-refractivity contribution in [2.45, 2.75) is 31.5 Å². The maximum atomic E-state index is 12.9. The summed E-state index contributed by atoms with van der Waals surface area (Å²) in [5, 5.41) is 2.71. The predicted octanol–water partition coefficient (Wildman–Crippen LogP) is 3.13. The molecule has 2 heterocycles. The summed E-state index contributed by atoms with van der Waals surface area (Å²) in [6, 6.07) is 2.59. The van der Waals surface area contributed by atoms with E-state index in [1.54, 1.807) is 7.05 Å². The number of piperidine rings is 1. The molecule has 2 atom stereocenters. The molecule has 0 radical (unpaired) electrons. The third kappa shape index (κ3) is 2.24. The van der Waals surface area contributed by atoms with Crippen LogP contribution in [0.25, 0.3) is 0 Å². The summed E-state index contributed by atoms with van der Waals surface area (Å²) in [6.45, 7) is 0.835. The quantitative estimate of drug-likeness (QED) is 0.895. The Kier molecular flexibility index (Phi) is 2.83. The van der Waals surface area contributed by atoms with Gasteiger partial charge in [-0.15, -0.1) is 0 Å². The molecule has 6 heteroatoms. The molecule has 2 fully saturated rings. The number of alkyl halides is 3. The van der Waals surface area contributed by atoms with Crippen LogP contribution in [0.2, 0.25) is 0 Å². The largest absolute Gasteiger partial charge is 0.416 e. The van der Waals surface area contributed by atoms with Gasteiger partial charge in [0.1, 0.15) is 11.6 Å². The van der Waals surface area contributed by atoms with Crippen molar-refractivity contribution in [2.24, 2.45) is 5.92 Å². The van der Waals surface area contributed by atoms with Crippen molar-refractivity contribution < 1.29 is 13.2 Å². The predicted molar refractivity (Wildman–Crippen MR) is 67.3 cm³/mol. The minimum Gasteiger partial charge on any atom is -0.373 e. The SMILES string of the molecule is CNc1cc(C(F)(F)F)cc(N2CC3CCC2C3)n1. The first-order valence-corrected chi connectivity index (χ1v) is 6.51. The minimum atomic E-state index is -4.33. The van der Waals surface area contributed by atoms with Crippen LogP contribution in [0.15, 0.2) is 12.1 Å². The molecule has 2 unspecified atom stereocenters. The first-order chi connectivity index (χ1) is 8.97. The summed E-state index contributed by atoms with van der Waals surface area (Å²) in [5.74, 6) is 1.35. The summed E-state index contributed by atoms with van der Waals surface area (Å²) in [4.78, 5) is 6.31. The molecule has 19 heavy (non-hydrogen) atoms. The van der Waals surface area contributed by atoms with Crippen LogP contribution in [0.5, 0.6) is 0 Å². The van der Waals surface area contributed by atoms with Crippen LogP contribution in [-0.4, -0.2) is 24.6 Å². The monoisotopic (exact) mass is 271 g/mol. The lowest BCUT2D eigenvalue weighted by Gasteiger charge is -2.29. The van der Waals surface area contributed by atoms with E-state index in [2.05, 4.69) is 10.3 Å². The van der Waals surface area contributed by atoms with E-state index in [0.29, 0.717) is 17.8 Å². The van der Waals surface area contributed by atoms with Crippen molar-refractivity contribution in [2.75, 3.05) is 23.8 Å². The molecular weight excluding hydrogens is 255 g/mol. The van der Waals surface area contributed by atoms with Crippen LogP contribution in [0.4, 0.5) is 24.8 Å². The normalized spacial score (nSPS) is 26.0. The first-order valence-electron chi connectivity index (χ1n) is 6.51. The Bertz CT molecular complexity index is 487. The molecule has 1 aliphatic carbocycles. The molecule has 0 spiro atoms. The van der Waals surface area contributed by atoms with Crippen molar-refractivity contribution in [3.8, 4) is 0 Å². The first kappa shape index (κ1) is 12.6. The fourth-order valence-corrected chi connectivity index (χ4v) is 3.16. The van der Waals surface area contributed by atoms with Gasteiger partial charge in [0.25, 0.3) is 0 Å². The van der Waals surface area contributed by atoms with Gasteiger partial charge in [-0.1, -0.05) is 0 Å². The summed E-state index contributed by atoms with van der Waals surface area (Å²) in [5.41, 5.74) is -0.635. The molecule has 1 saturated heterocycles. The highest BCUT2D eigenvalue weighted by Gasteiger charge is 2.39. The summed E-state index contributed by atoms with van der Waals surface area (Å²) < 4.78 is 38.7. The van der Waals surface area contributed by atoms with Gasteiger partial charge in [0.15, 0.2) is 0 Å². The van der Waals surface area contributed by atoms with Crippen molar-refractivity contribution >= 4 is 11.6 Å². The van der Waals surface area contributed by atoms with Gasteiger partial charge in [-0.2, -0.15) is 13.2 Å². The standard InChI is InChI=1S/C13H16F3N3/c1-17-11-5-9(13(14,15)16)6-12(18-11)19-7-8-2-3-10(19)4-8/h5-6,8,10H,2-4,7H2,1H3,(H,17,18). The van der Waals surface area contributed by atoms with Crippen LogP contribution in [-0.2, 0) is 6.18 Å². The van der Waals surface area contributed by atoms with Crippen LogP contribution < -0.4 is 10.2 Å². The molecule has 2 bridgehead atoms. The van der Waals surface area contributed by atoms with E-state index in [1.165, 1.54) is 12.5 Å². The van der Waals surface area contributed by atoms with Gasteiger partial charge in [0.05, 0.1) is 5.56 Å².